The summed E-state index contributed by atoms with van der Waals surface area (Å²) >= 11 is 0. The first kappa shape index (κ1) is 15.9. The molecule has 0 aliphatic carbocycles. The molecule has 2 N–H and O–H groups in total. The Bertz CT molecular complexity index is 155. The lowest BCUT2D eigenvalue weighted by Gasteiger charge is -2.25. The topological polar surface area (TPSA) is 35.2 Å². The van der Waals surface area contributed by atoms with E-state index in [-0.39, 0.29) is 5.60 Å². The van der Waals surface area contributed by atoms with Gasteiger partial charge in [0.05, 0.1) is 5.60 Å². The van der Waals surface area contributed by atoms with E-state index in [1.54, 1.807) is 0 Å². The van der Waals surface area contributed by atoms with E-state index in [2.05, 4.69) is 27.7 Å². The molecule has 0 aliphatic rings. The Labute approximate surface area is 102 Å². The van der Waals surface area contributed by atoms with Crippen LogP contribution in [-0.4, -0.2) is 18.8 Å². The Morgan fingerprint density at radius 3 is 2.31 bits per heavy atom. The van der Waals surface area contributed by atoms with Crippen molar-refractivity contribution in [1.29, 1.82) is 0 Å². The minimum Gasteiger partial charge on any atom is -0.376 e. The monoisotopic (exact) mass is 229 g/mol. The van der Waals surface area contributed by atoms with Crippen molar-refractivity contribution in [1.82, 2.24) is 0 Å². The van der Waals surface area contributed by atoms with Crippen molar-refractivity contribution in [2.45, 2.75) is 71.8 Å². The summed E-state index contributed by atoms with van der Waals surface area (Å²) in [5.74, 6) is 0.817. The van der Waals surface area contributed by atoms with E-state index in [4.69, 9.17) is 10.5 Å². The molecule has 16 heavy (non-hydrogen) atoms. The Kier molecular flexibility index (Phi) is 8.96. The van der Waals surface area contributed by atoms with E-state index >= 15 is 0 Å². The first-order chi connectivity index (χ1) is 7.48. The molecule has 2 heteroatoms. The summed E-state index contributed by atoms with van der Waals surface area (Å²) in [6.45, 7) is 10.6. The quantitative estimate of drug-likeness (QED) is 0.579. The van der Waals surface area contributed by atoms with Crippen LogP contribution in [0.5, 0.6) is 0 Å². The second-order valence-corrected chi connectivity index (χ2v) is 5.74. The van der Waals surface area contributed by atoms with Gasteiger partial charge in [-0.15, -0.1) is 0 Å². The number of rotatable bonds is 10. The third kappa shape index (κ3) is 10.4. The SMILES string of the molecule is CC(C)CCCCOC(C)(C)CCCCN. The van der Waals surface area contributed by atoms with Crippen LogP contribution in [0, 0.1) is 5.92 Å². The van der Waals surface area contributed by atoms with Gasteiger partial charge in [0.2, 0.25) is 0 Å². The molecule has 0 aromatic rings. The Balaban J connectivity index is 3.42. The summed E-state index contributed by atoms with van der Waals surface area (Å²) < 4.78 is 5.92. The van der Waals surface area contributed by atoms with Crippen LogP contribution < -0.4 is 5.73 Å². The van der Waals surface area contributed by atoms with Gasteiger partial charge in [-0.2, -0.15) is 0 Å². The number of unbranched alkanes of at least 4 members (excludes halogenated alkanes) is 2. The molecule has 0 unspecified atom stereocenters. The van der Waals surface area contributed by atoms with E-state index < -0.39 is 0 Å². The Hall–Kier alpha value is -0.0800. The molecule has 0 aliphatic heterocycles. The number of nitrogens with two attached hydrogens (primary N) is 1. The summed E-state index contributed by atoms with van der Waals surface area (Å²) in [5.41, 5.74) is 5.52. The van der Waals surface area contributed by atoms with E-state index in [0.29, 0.717) is 0 Å². The summed E-state index contributed by atoms with van der Waals surface area (Å²) in [5, 5.41) is 0. The molecule has 0 saturated carbocycles. The first-order valence-corrected chi connectivity index (χ1v) is 6.82. The molecule has 0 bridgehead atoms. The smallest absolute Gasteiger partial charge is 0.0626 e. The van der Waals surface area contributed by atoms with Crippen molar-refractivity contribution in [2.24, 2.45) is 11.7 Å². The molecule has 0 atom stereocenters. The normalized spacial score (nSPS) is 12.4. The summed E-state index contributed by atoms with van der Waals surface area (Å²) in [6, 6.07) is 0. The van der Waals surface area contributed by atoms with E-state index in [1.807, 2.05) is 0 Å². The zero-order chi connectivity index (χ0) is 12.4. The highest BCUT2D eigenvalue weighted by Crippen LogP contribution is 2.18. The fourth-order valence-corrected chi connectivity index (χ4v) is 1.77. The van der Waals surface area contributed by atoms with E-state index in [9.17, 15) is 0 Å². The van der Waals surface area contributed by atoms with Crippen molar-refractivity contribution in [3.05, 3.63) is 0 Å². The van der Waals surface area contributed by atoms with Gasteiger partial charge in [0.1, 0.15) is 0 Å². The van der Waals surface area contributed by atoms with Crippen LogP contribution in [0.25, 0.3) is 0 Å². The van der Waals surface area contributed by atoms with Crippen LogP contribution >= 0.6 is 0 Å². The van der Waals surface area contributed by atoms with Crippen LogP contribution in [0.2, 0.25) is 0 Å². The number of ether oxygens (including phenoxy) is 1. The molecule has 0 aromatic heterocycles. The third-order valence-corrected chi connectivity index (χ3v) is 2.90. The minimum atomic E-state index is 0.0347. The summed E-state index contributed by atoms with van der Waals surface area (Å²) in [7, 11) is 0. The van der Waals surface area contributed by atoms with Gasteiger partial charge in [-0.05, 0) is 52.0 Å². The van der Waals surface area contributed by atoms with Gasteiger partial charge in [-0.25, -0.2) is 0 Å². The molecule has 98 valence electrons. The van der Waals surface area contributed by atoms with Crippen LogP contribution in [0.1, 0.15) is 66.2 Å². The molecule has 0 aromatic carbocycles. The lowest BCUT2D eigenvalue weighted by Crippen LogP contribution is -2.25. The summed E-state index contributed by atoms with van der Waals surface area (Å²) in [6.07, 6.45) is 7.20. The molecule has 2 nitrogen and oxygen atoms in total. The van der Waals surface area contributed by atoms with E-state index in [1.165, 1.54) is 25.7 Å². The molecule has 0 rings (SSSR count). The maximum absolute atomic E-state index is 5.92. The lowest BCUT2D eigenvalue weighted by molar-refractivity contribution is -0.0266. The fourth-order valence-electron chi connectivity index (χ4n) is 1.77. The van der Waals surface area contributed by atoms with Crippen LogP contribution in [-0.2, 0) is 4.74 Å². The molecule has 0 spiro atoms. The van der Waals surface area contributed by atoms with Gasteiger partial charge in [0, 0.05) is 6.61 Å². The first-order valence-electron chi connectivity index (χ1n) is 6.82. The third-order valence-electron chi connectivity index (χ3n) is 2.90. The average molecular weight is 229 g/mol. The highest BCUT2D eigenvalue weighted by Gasteiger charge is 2.16. The molecule has 0 radical (unpaired) electrons. The van der Waals surface area contributed by atoms with Gasteiger partial charge in [-0.1, -0.05) is 26.7 Å². The van der Waals surface area contributed by atoms with Crippen molar-refractivity contribution >= 4 is 0 Å². The molecular formula is C14H31NO. The highest BCUT2D eigenvalue weighted by molar-refractivity contribution is 4.68. The number of hydrogen-bond acceptors (Lipinski definition) is 2. The molecule has 0 amide bonds. The standard InChI is InChI=1S/C14H31NO/c1-13(2)9-5-8-12-16-14(3,4)10-6-7-11-15/h13H,5-12,15H2,1-4H3. The average Bonchev–Trinajstić information content (AvgIpc) is 2.16. The van der Waals surface area contributed by atoms with Gasteiger partial charge >= 0.3 is 0 Å². The zero-order valence-corrected chi connectivity index (χ0v) is 11.7. The largest absolute Gasteiger partial charge is 0.376 e. The Morgan fingerprint density at radius 1 is 1.06 bits per heavy atom. The van der Waals surface area contributed by atoms with Crippen LogP contribution in [0.3, 0.4) is 0 Å². The van der Waals surface area contributed by atoms with Crippen LogP contribution in [0.4, 0.5) is 0 Å². The van der Waals surface area contributed by atoms with Crippen molar-refractivity contribution < 1.29 is 4.74 Å². The van der Waals surface area contributed by atoms with Gasteiger partial charge in [-0.3, -0.25) is 0 Å². The zero-order valence-electron chi connectivity index (χ0n) is 11.7. The second kappa shape index (κ2) is 9.00. The fraction of sp³-hybridized carbons (Fsp3) is 1.00. The molecular weight excluding hydrogens is 198 g/mol. The molecule has 0 fully saturated rings. The maximum Gasteiger partial charge on any atom is 0.0626 e. The lowest BCUT2D eigenvalue weighted by atomic mass is 10.0. The second-order valence-electron chi connectivity index (χ2n) is 5.74. The maximum atomic E-state index is 5.92. The minimum absolute atomic E-state index is 0.0347. The number of hydrogen-bond donors (Lipinski definition) is 1. The Morgan fingerprint density at radius 2 is 1.75 bits per heavy atom. The molecule has 0 saturated heterocycles. The van der Waals surface area contributed by atoms with E-state index in [0.717, 1.165) is 31.9 Å². The van der Waals surface area contributed by atoms with Crippen molar-refractivity contribution in [2.75, 3.05) is 13.2 Å². The molecule has 0 heterocycles. The van der Waals surface area contributed by atoms with Crippen molar-refractivity contribution in [3.63, 3.8) is 0 Å². The van der Waals surface area contributed by atoms with Gasteiger partial charge < -0.3 is 10.5 Å². The van der Waals surface area contributed by atoms with Gasteiger partial charge in [0.15, 0.2) is 0 Å². The predicted molar refractivity (Wildman–Crippen MR) is 71.6 cm³/mol. The van der Waals surface area contributed by atoms with Crippen molar-refractivity contribution in [3.8, 4) is 0 Å². The predicted octanol–water partition coefficient (Wildman–Crippen LogP) is 3.74. The van der Waals surface area contributed by atoms with Gasteiger partial charge in [0.25, 0.3) is 0 Å². The highest BCUT2D eigenvalue weighted by atomic mass is 16.5. The van der Waals surface area contributed by atoms with Crippen LogP contribution in [0.15, 0.2) is 0 Å². The summed E-state index contributed by atoms with van der Waals surface area (Å²) in [4.78, 5) is 0.